The molecule has 3 aliphatic rings. The summed E-state index contributed by atoms with van der Waals surface area (Å²) in [5, 5.41) is 0.948. The summed E-state index contributed by atoms with van der Waals surface area (Å²) in [6, 6.07) is 28.4. The minimum Gasteiger partial charge on any atom is -0.497 e. The molecule has 53 heavy (non-hydrogen) atoms. The van der Waals surface area contributed by atoms with E-state index in [4.69, 9.17) is 14.2 Å². The molecular weight excluding hydrogens is 663 g/mol. The second-order valence-electron chi connectivity index (χ2n) is 15.5. The molecule has 1 aliphatic carbocycles. The van der Waals surface area contributed by atoms with Gasteiger partial charge < -0.3 is 24.1 Å². The summed E-state index contributed by atoms with van der Waals surface area (Å²) in [6.07, 6.45) is 8.37. The van der Waals surface area contributed by atoms with Gasteiger partial charge in [-0.2, -0.15) is 0 Å². The topological polar surface area (TPSA) is 83.2 Å². The van der Waals surface area contributed by atoms with Crippen molar-refractivity contribution in [2.24, 2.45) is 5.41 Å². The highest BCUT2D eigenvalue weighted by atomic mass is 16.5. The Balaban J connectivity index is 0.949. The maximum atomic E-state index is 12.7. The predicted molar refractivity (Wildman–Crippen MR) is 209 cm³/mol. The molecule has 9 nitrogen and oxygen atoms in total. The molecule has 1 atom stereocenters. The number of hydrogen-bond acceptors (Lipinski definition) is 8. The van der Waals surface area contributed by atoms with Crippen LogP contribution in [0.15, 0.2) is 91.3 Å². The molecule has 9 heteroatoms. The van der Waals surface area contributed by atoms with Crippen LogP contribution < -0.4 is 14.4 Å². The van der Waals surface area contributed by atoms with Gasteiger partial charge in [-0.05, 0) is 90.1 Å². The number of piperidine rings is 1. The van der Waals surface area contributed by atoms with E-state index in [0.29, 0.717) is 40.5 Å². The van der Waals surface area contributed by atoms with Crippen molar-refractivity contribution in [3.05, 3.63) is 114 Å². The molecule has 4 heterocycles. The number of hydrogen-bond donors (Lipinski definition) is 1. The number of esters is 1. The number of carbonyl (C=O) groups excluding carboxylic acids is 1. The van der Waals surface area contributed by atoms with E-state index in [-0.39, 0.29) is 0 Å². The van der Waals surface area contributed by atoms with Crippen molar-refractivity contribution < 1.29 is 19.0 Å². The Labute approximate surface area is 312 Å². The number of nitrogens with zero attached hydrogens (tertiary/aromatic N) is 4. The number of piperazine rings is 1. The first-order valence-corrected chi connectivity index (χ1v) is 19.1. The first-order chi connectivity index (χ1) is 25.8. The molecule has 8 rings (SSSR count). The van der Waals surface area contributed by atoms with E-state index in [9.17, 15) is 4.79 Å². The van der Waals surface area contributed by atoms with E-state index < -0.39 is 5.97 Å². The molecule has 2 saturated heterocycles. The van der Waals surface area contributed by atoms with Crippen molar-refractivity contribution in [3.63, 3.8) is 0 Å². The fraction of sp³-hybridized carbons (Fsp3) is 0.409. The number of aromatic nitrogens is 2. The second kappa shape index (κ2) is 14.9. The van der Waals surface area contributed by atoms with Gasteiger partial charge in [0.1, 0.15) is 28.5 Å². The van der Waals surface area contributed by atoms with Crippen molar-refractivity contribution >= 4 is 22.7 Å². The van der Waals surface area contributed by atoms with E-state index in [1.54, 1.807) is 13.3 Å². The van der Waals surface area contributed by atoms with Gasteiger partial charge in [-0.1, -0.05) is 50.2 Å². The highest BCUT2D eigenvalue weighted by molar-refractivity contribution is 5.93. The summed E-state index contributed by atoms with van der Waals surface area (Å²) in [5.41, 5.74) is 6.94. The van der Waals surface area contributed by atoms with Crippen LogP contribution in [-0.4, -0.2) is 78.7 Å². The van der Waals surface area contributed by atoms with E-state index in [2.05, 4.69) is 87.0 Å². The average Bonchev–Trinajstić information content (AvgIpc) is 3.65. The molecule has 5 aromatic rings. The lowest BCUT2D eigenvalue weighted by atomic mass is 9.59. The van der Waals surface area contributed by atoms with Gasteiger partial charge in [-0.15, -0.1) is 0 Å². The summed E-state index contributed by atoms with van der Waals surface area (Å²) < 4.78 is 16.8. The molecule has 0 bridgehead atoms. The number of rotatable bonds is 10. The highest BCUT2D eigenvalue weighted by Gasteiger charge is 2.50. The number of carbonyl (C=O) groups is 1. The Kier molecular flexibility index (Phi) is 9.87. The molecule has 276 valence electrons. The van der Waals surface area contributed by atoms with E-state index in [1.807, 2.05) is 36.5 Å². The Hall–Kier alpha value is -4.86. The molecule has 1 spiro atoms. The van der Waals surface area contributed by atoms with Crippen LogP contribution in [0, 0.1) is 5.41 Å². The number of anilines is 1. The Morgan fingerprint density at radius 3 is 2.47 bits per heavy atom. The molecule has 3 fully saturated rings. The first kappa shape index (κ1) is 35.2. The third-order valence-corrected chi connectivity index (χ3v) is 12.0. The Morgan fingerprint density at radius 1 is 0.925 bits per heavy atom. The zero-order chi connectivity index (χ0) is 36.5. The van der Waals surface area contributed by atoms with Gasteiger partial charge in [0, 0.05) is 74.7 Å². The summed E-state index contributed by atoms with van der Waals surface area (Å²) in [7, 11) is 3.12. The standard InChI is InChI=1S/C44H51N5O4/c1-30(2)37-7-5-6-8-38(37)40-29-47(28-31-9-12-35(51-3)13-10-31)21-22-49(40)34-25-44(26-34)16-19-48(20-17-44)33-11-14-39(43(50)52-4)41(24-33)53-36-23-32-15-18-45-42(32)46-27-36/h5-15,18,23-24,27,30,34,40H,16-17,19-22,25-26,28-29H2,1-4H3,(H,45,46)/t40-/m1/s1. The number of pyridine rings is 1. The second-order valence-corrected chi connectivity index (χ2v) is 15.5. The fourth-order valence-corrected chi connectivity index (χ4v) is 9.04. The van der Waals surface area contributed by atoms with E-state index in [0.717, 1.165) is 74.6 Å². The van der Waals surface area contributed by atoms with Crippen molar-refractivity contribution in [1.29, 1.82) is 0 Å². The number of methoxy groups -OCH3 is 2. The molecule has 2 aliphatic heterocycles. The van der Waals surface area contributed by atoms with Gasteiger partial charge in [-0.3, -0.25) is 9.80 Å². The molecule has 0 unspecified atom stereocenters. The third-order valence-electron chi connectivity index (χ3n) is 12.0. The molecule has 3 aromatic carbocycles. The summed E-state index contributed by atoms with van der Waals surface area (Å²) in [5.74, 6) is 2.02. The molecule has 0 amide bonds. The molecule has 0 radical (unpaired) electrons. The number of H-pyrrole nitrogens is 1. The number of benzene rings is 3. The van der Waals surface area contributed by atoms with Crippen molar-refractivity contribution in [2.45, 2.75) is 64.1 Å². The van der Waals surface area contributed by atoms with Crippen molar-refractivity contribution in [1.82, 2.24) is 19.8 Å². The van der Waals surface area contributed by atoms with Gasteiger partial charge in [0.15, 0.2) is 0 Å². The predicted octanol–water partition coefficient (Wildman–Crippen LogP) is 8.58. The van der Waals surface area contributed by atoms with Gasteiger partial charge in [0.2, 0.25) is 0 Å². The third kappa shape index (κ3) is 7.25. The molecular formula is C44H51N5O4. The van der Waals surface area contributed by atoms with Gasteiger partial charge >= 0.3 is 5.97 Å². The van der Waals surface area contributed by atoms with Crippen molar-refractivity contribution in [3.8, 4) is 17.2 Å². The maximum absolute atomic E-state index is 12.7. The van der Waals surface area contributed by atoms with Crippen LogP contribution in [0.4, 0.5) is 5.69 Å². The molecule has 1 saturated carbocycles. The number of aromatic amines is 1. The lowest BCUT2D eigenvalue weighted by Crippen LogP contribution is -2.60. The smallest absolute Gasteiger partial charge is 0.341 e. The zero-order valence-corrected chi connectivity index (χ0v) is 31.4. The van der Waals surface area contributed by atoms with Crippen LogP contribution in [0.2, 0.25) is 0 Å². The number of nitrogens with one attached hydrogen (secondary N) is 1. The number of ether oxygens (including phenoxy) is 3. The monoisotopic (exact) mass is 713 g/mol. The average molecular weight is 714 g/mol. The fourth-order valence-electron chi connectivity index (χ4n) is 9.04. The van der Waals surface area contributed by atoms with Gasteiger partial charge in [-0.25, -0.2) is 9.78 Å². The van der Waals surface area contributed by atoms with Crippen LogP contribution >= 0.6 is 0 Å². The van der Waals surface area contributed by atoms with Crippen LogP contribution in [0.1, 0.15) is 78.5 Å². The Morgan fingerprint density at radius 2 is 1.72 bits per heavy atom. The normalized spacial score (nSPS) is 19.4. The lowest BCUT2D eigenvalue weighted by Gasteiger charge is -2.58. The summed E-state index contributed by atoms with van der Waals surface area (Å²) in [6.45, 7) is 10.8. The Bertz CT molecular complexity index is 2040. The largest absolute Gasteiger partial charge is 0.497 e. The first-order valence-electron chi connectivity index (χ1n) is 19.1. The summed E-state index contributed by atoms with van der Waals surface area (Å²) >= 11 is 0. The SMILES string of the molecule is COC(=O)c1ccc(N2CCC3(CC2)CC(N2CCN(Cc4ccc(OC)cc4)C[C@@H]2c2ccccc2C(C)C)C3)cc1Oc1cnc2[nH]ccc2c1. The summed E-state index contributed by atoms with van der Waals surface area (Å²) in [4.78, 5) is 28.2. The van der Waals surface area contributed by atoms with Crippen molar-refractivity contribution in [2.75, 3.05) is 51.8 Å². The quantitative estimate of drug-likeness (QED) is 0.144. The lowest BCUT2D eigenvalue weighted by molar-refractivity contribution is -0.0628. The minimum absolute atomic E-state index is 0.378. The van der Waals surface area contributed by atoms with Crippen LogP contribution in [-0.2, 0) is 11.3 Å². The van der Waals surface area contributed by atoms with Gasteiger partial charge in [0.25, 0.3) is 0 Å². The van der Waals surface area contributed by atoms with Crippen LogP contribution in [0.25, 0.3) is 11.0 Å². The number of fused-ring (bicyclic) bond motifs is 1. The van der Waals surface area contributed by atoms with Crippen LogP contribution in [0.3, 0.4) is 0 Å². The van der Waals surface area contributed by atoms with E-state index in [1.165, 1.54) is 36.6 Å². The molecule has 1 N–H and O–H groups in total. The molecule has 2 aromatic heterocycles. The van der Waals surface area contributed by atoms with Crippen LogP contribution in [0.5, 0.6) is 17.2 Å². The minimum atomic E-state index is -0.420. The highest BCUT2D eigenvalue weighted by Crippen LogP contribution is 2.53. The maximum Gasteiger partial charge on any atom is 0.341 e. The zero-order valence-electron chi connectivity index (χ0n) is 31.4. The van der Waals surface area contributed by atoms with Gasteiger partial charge in [0.05, 0.1) is 20.4 Å². The van der Waals surface area contributed by atoms with E-state index >= 15 is 0 Å².